The summed E-state index contributed by atoms with van der Waals surface area (Å²) in [4.78, 5) is 13.1. The number of benzene rings is 2. The number of nitrogens with zero attached hydrogens (tertiary/aromatic N) is 9. The smallest absolute Gasteiger partial charge is 0.201 e. The quantitative estimate of drug-likeness (QED) is 0.138. The molecule has 2 aromatic carbocycles. The fraction of sp³-hybridized carbons (Fsp3) is 0.242. The van der Waals surface area contributed by atoms with Crippen molar-refractivity contribution >= 4 is 76.9 Å². The van der Waals surface area contributed by atoms with Gasteiger partial charge in [0.1, 0.15) is 5.52 Å². The molecule has 9 rings (SSSR count). The average Bonchev–Trinajstić information content (AvgIpc) is 3.40. The molecule has 0 radical (unpaired) electrons. The predicted octanol–water partition coefficient (Wildman–Crippen LogP) is 5.74. The van der Waals surface area contributed by atoms with Crippen molar-refractivity contribution in [3.8, 4) is 0 Å². The fourth-order valence-electron chi connectivity index (χ4n) is 6.39. The molecular weight excluding hydrogens is 643 g/mol. The highest BCUT2D eigenvalue weighted by molar-refractivity contribution is 7.90. The van der Waals surface area contributed by atoms with E-state index in [0.29, 0.717) is 52.6 Å². The second-order valence-electron chi connectivity index (χ2n) is 12.6. The van der Waals surface area contributed by atoms with Crippen LogP contribution in [0.15, 0.2) is 72.1 Å². The molecule has 6 aromatic heterocycles. The van der Waals surface area contributed by atoms with E-state index in [-0.39, 0.29) is 11.1 Å². The number of pyridine rings is 1. The third-order valence-corrected chi connectivity index (χ3v) is 9.99. The van der Waals surface area contributed by atoms with Crippen molar-refractivity contribution < 1.29 is 8.42 Å². The molecule has 1 aliphatic rings. The second kappa shape index (κ2) is 11.1. The van der Waals surface area contributed by atoms with Gasteiger partial charge in [-0.05, 0) is 74.7 Å². The SMILES string of the molecule is CC(CCn1nc(S(C)(=O)=O)c2ccc(Nc3[nH]nc4nccnc34)cc21)n1nc(C2CC2)c2ccc(Nc3n[nH]c4cccnc34)cc21. The highest BCUT2D eigenvalue weighted by Gasteiger charge is 2.30. The van der Waals surface area contributed by atoms with E-state index in [2.05, 4.69) is 80.9 Å². The number of H-pyrrole nitrogens is 2. The molecule has 16 heteroatoms. The summed E-state index contributed by atoms with van der Waals surface area (Å²) in [6.45, 7) is 2.60. The van der Waals surface area contributed by atoms with Gasteiger partial charge in [0.2, 0.25) is 5.65 Å². The lowest BCUT2D eigenvalue weighted by molar-refractivity contribution is 0.425. The first-order chi connectivity index (χ1) is 23.8. The summed E-state index contributed by atoms with van der Waals surface area (Å²) >= 11 is 0. The van der Waals surface area contributed by atoms with E-state index in [1.807, 2.05) is 24.3 Å². The number of hydrogen-bond acceptors (Lipinski definition) is 11. The summed E-state index contributed by atoms with van der Waals surface area (Å²) in [5.74, 6) is 1.71. The van der Waals surface area contributed by atoms with Crippen LogP contribution in [0.5, 0.6) is 0 Å². The van der Waals surface area contributed by atoms with Crippen LogP contribution in [0, 0.1) is 0 Å². The molecular formula is C33H31N13O2S. The Kier molecular flexibility index (Phi) is 6.62. The van der Waals surface area contributed by atoms with Gasteiger partial charge in [0.15, 0.2) is 32.0 Å². The summed E-state index contributed by atoms with van der Waals surface area (Å²) in [7, 11) is -3.58. The zero-order valence-electron chi connectivity index (χ0n) is 26.6. The average molecular weight is 674 g/mol. The molecule has 8 aromatic rings. The molecule has 15 nitrogen and oxygen atoms in total. The number of aromatic amines is 2. The van der Waals surface area contributed by atoms with Crippen LogP contribution in [0.1, 0.15) is 43.8 Å². The molecule has 0 aliphatic heterocycles. The normalized spacial score (nSPS) is 14.3. The Morgan fingerprint density at radius 2 is 1.65 bits per heavy atom. The summed E-state index contributed by atoms with van der Waals surface area (Å²) < 4.78 is 29.5. The van der Waals surface area contributed by atoms with Crippen LogP contribution < -0.4 is 10.6 Å². The third kappa shape index (κ3) is 5.20. The van der Waals surface area contributed by atoms with E-state index < -0.39 is 9.84 Å². The van der Waals surface area contributed by atoms with Crippen molar-refractivity contribution in [1.29, 1.82) is 0 Å². The van der Waals surface area contributed by atoms with E-state index in [1.165, 1.54) is 6.26 Å². The standard InChI is InChI=1S/C33H31N13O2S/c1-18(46-26-17-21(7-9-22(26)27(43-46)19-5-6-19)37-31-28-24(39-41-31)4-3-12-34-28)11-15-45-25-16-20(8-10-23(25)33(44-45)49(2,47)48)38-32-29-30(40-42-32)36-14-13-35-29/h3-4,7-10,12-14,16-19H,5-6,11,15H2,1-2H3,(H2,37,39,41)(H2,36,38,40,42). The lowest BCUT2D eigenvalue weighted by atomic mass is 10.1. The fourth-order valence-corrected chi connectivity index (χ4v) is 7.21. The molecule has 0 saturated heterocycles. The van der Waals surface area contributed by atoms with E-state index >= 15 is 0 Å². The zero-order valence-corrected chi connectivity index (χ0v) is 27.4. The molecule has 0 bridgehead atoms. The topological polar surface area (TPSA) is 190 Å². The third-order valence-electron chi connectivity index (χ3n) is 8.99. The van der Waals surface area contributed by atoms with Gasteiger partial charge < -0.3 is 10.6 Å². The number of rotatable bonds is 10. The van der Waals surface area contributed by atoms with Gasteiger partial charge in [0.25, 0.3) is 0 Å². The van der Waals surface area contributed by atoms with E-state index in [1.54, 1.807) is 29.3 Å². The van der Waals surface area contributed by atoms with Crippen LogP contribution in [-0.4, -0.2) is 69.6 Å². The molecule has 1 saturated carbocycles. The molecule has 1 atom stereocenters. The lowest BCUT2D eigenvalue weighted by Crippen LogP contribution is -2.12. The Morgan fingerprint density at radius 3 is 2.49 bits per heavy atom. The number of aromatic nitrogens is 11. The number of hydrogen-bond donors (Lipinski definition) is 4. The maximum absolute atomic E-state index is 12.8. The minimum atomic E-state index is -3.58. The minimum absolute atomic E-state index is 0.0182. The van der Waals surface area contributed by atoms with Crippen LogP contribution in [0.2, 0.25) is 0 Å². The van der Waals surface area contributed by atoms with Gasteiger partial charge in [0.05, 0.1) is 28.3 Å². The van der Waals surface area contributed by atoms with Gasteiger partial charge in [-0.15, -0.1) is 0 Å². The van der Waals surface area contributed by atoms with Crippen molar-refractivity contribution in [2.75, 3.05) is 16.9 Å². The lowest BCUT2D eigenvalue weighted by Gasteiger charge is -2.15. The van der Waals surface area contributed by atoms with E-state index in [9.17, 15) is 8.42 Å². The molecule has 6 heterocycles. The van der Waals surface area contributed by atoms with Crippen molar-refractivity contribution in [3.63, 3.8) is 0 Å². The minimum Gasteiger partial charge on any atom is -0.339 e. The van der Waals surface area contributed by atoms with Gasteiger partial charge >= 0.3 is 0 Å². The molecule has 49 heavy (non-hydrogen) atoms. The Balaban J connectivity index is 1.03. The molecule has 0 spiro atoms. The number of anilines is 4. The molecule has 1 unspecified atom stereocenters. The Hall–Kier alpha value is -5.90. The van der Waals surface area contributed by atoms with Crippen LogP contribution >= 0.6 is 0 Å². The first-order valence-electron chi connectivity index (χ1n) is 16.0. The maximum atomic E-state index is 12.8. The maximum Gasteiger partial charge on any atom is 0.201 e. The summed E-state index contributed by atoms with van der Waals surface area (Å²) in [6.07, 6.45) is 9.05. The van der Waals surface area contributed by atoms with Crippen LogP contribution in [0.3, 0.4) is 0 Å². The summed E-state index contributed by atoms with van der Waals surface area (Å²) in [6, 6.07) is 15.6. The Labute approximate surface area is 279 Å². The van der Waals surface area contributed by atoms with Crippen LogP contribution in [-0.2, 0) is 16.4 Å². The molecule has 1 fully saturated rings. The predicted molar refractivity (Wildman–Crippen MR) is 186 cm³/mol. The first-order valence-corrected chi connectivity index (χ1v) is 17.9. The zero-order chi connectivity index (χ0) is 33.3. The Morgan fingerprint density at radius 1 is 0.878 bits per heavy atom. The number of nitrogens with one attached hydrogen (secondary N) is 4. The van der Waals surface area contributed by atoms with E-state index in [0.717, 1.165) is 51.8 Å². The van der Waals surface area contributed by atoms with Crippen LogP contribution in [0.4, 0.5) is 23.0 Å². The van der Waals surface area contributed by atoms with Gasteiger partial charge in [0, 0.05) is 59.5 Å². The number of aryl methyl sites for hydroxylation is 1. The molecule has 1 aliphatic carbocycles. The largest absolute Gasteiger partial charge is 0.339 e. The number of fused-ring (bicyclic) bond motifs is 4. The van der Waals surface area contributed by atoms with Gasteiger partial charge in [-0.3, -0.25) is 24.5 Å². The van der Waals surface area contributed by atoms with Crippen molar-refractivity contribution in [3.05, 3.63) is 72.8 Å². The van der Waals surface area contributed by atoms with Crippen LogP contribution in [0.25, 0.3) is 44.0 Å². The van der Waals surface area contributed by atoms with Crippen molar-refractivity contribution in [1.82, 2.24) is 54.9 Å². The monoisotopic (exact) mass is 673 g/mol. The molecule has 246 valence electrons. The second-order valence-corrected chi connectivity index (χ2v) is 14.5. The first kappa shape index (κ1) is 29.3. The summed E-state index contributed by atoms with van der Waals surface area (Å²) in [5, 5.41) is 32.8. The summed E-state index contributed by atoms with van der Waals surface area (Å²) in [5.41, 5.74) is 7.18. The van der Waals surface area contributed by atoms with Crippen molar-refractivity contribution in [2.45, 2.75) is 49.7 Å². The highest BCUT2D eigenvalue weighted by Crippen LogP contribution is 2.43. The molecule has 4 N–H and O–H groups in total. The van der Waals surface area contributed by atoms with Gasteiger partial charge in [-0.2, -0.15) is 20.4 Å². The van der Waals surface area contributed by atoms with Crippen molar-refractivity contribution in [2.24, 2.45) is 0 Å². The van der Waals surface area contributed by atoms with Gasteiger partial charge in [-0.1, -0.05) is 0 Å². The van der Waals surface area contributed by atoms with Gasteiger partial charge in [-0.25, -0.2) is 18.4 Å². The number of sulfone groups is 1. The molecule has 0 amide bonds. The Bertz CT molecular complexity index is 2650. The van der Waals surface area contributed by atoms with E-state index in [4.69, 9.17) is 5.10 Å². The highest BCUT2D eigenvalue weighted by atomic mass is 32.2.